The van der Waals surface area contributed by atoms with Crippen LogP contribution >= 0.6 is 0 Å². The highest BCUT2D eigenvalue weighted by Gasteiger charge is 2.33. The molecule has 1 N–H and O–H groups in total. The third-order valence-corrected chi connectivity index (χ3v) is 4.79. The summed E-state index contributed by atoms with van der Waals surface area (Å²) in [6.07, 6.45) is 2.37. The van der Waals surface area contributed by atoms with Crippen molar-refractivity contribution in [2.75, 3.05) is 7.05 Å². The van der Waals surface area contributed by atoms with Crippen LogP contribution in [0.5, 0.6) is 0 Å². The van der Waals surface area contributed by atoms with Crippen molar-refractivity contribution < 1.29 is 0 Å². The minimum atomic E-state index is 0.274. The van der Waals surface area contributed by atoms with Crippen molar-refractivity contribution in [2.24, 2.45) is 23.2 Å². The summed E-state index contributed by atoms with van der Waals surface area (Å²) in [5.41, 5.74) is 1.70. The van der Waals surface area contributed by atoms with E-state index in [9.17, 15) is 0 Å². The maximum Gasteiger partial charge on any atom is 0.00644 e. The Morgan fingerprint density at radius 2 is 1.61 bits per heavy atom. The van der Waals surface area contributed by atoms with Gasteiger partial charge >= 0.3 is 0 Å². The SMILES string of the molecule is C=C(CC(C)C(C)NC)C(C)(CC(C)C)C(C)C. The Bertz CT molecular complexity index is 254. The third-order valence-electron chi connectivity index (χ3n) is 4.79. The van der Waals surface area contributed by atoms with Crippen LogP contribution in [0.4, 0.5) is 0 Å². The second kappa shape index (κ2) is 7.33. The Balaban J connectivity index is 4.78. The summed E-state index contributed by atoms with van der Waals surface area (Å²) in [5, 5.41) is 3.35. The van der Waals surface area contributed by atoms with Crippen molar-refractivity contribution in [3.8, 4) is 0 Å². The molecule has 0 aromatic heterocycles. The molecule has 0 saturated heterocycles. The van der Waals surface area contributed by atoms with Crippen LogP contribution < -0.4 is 5.32 Å². The summed E-state index contributed by atoms with van der Waals surface area (Å²) in [4.78, 5) is 0. The summed E-state index contributed by atoms with van der Waals surface area (Å²) in [5.74, 6) is 2.03. The fourth-order valence-electron chi connectivity index (χ4n) is 2.72. The molecule has 0 bridgehead atoms. The number of nitrogens with one attached hydrogen (secondary N) is 1. The van der Waals surface area contributed by atoms with Crippen molar-refractivity contribution in [1.29, 1.82) is 0 Å². The highest BCUT2D eigenvalue weighted by atomic mass is 14.9. The molecule has 1 nitrogen and oxygen atoms in total. The third kappa shape index (κ3) is 4.76. The van der Waals surface area contributed by atoms with E-state index in [-0.39, 0.29) is 5.41 Å². The average Bonchev–Trinajstić information content (AvgIpc) is 2.26. The van der Waals surface area contributed by atoms with Gasteiger partial charge < -0.3 is 5.32 Å². The Hall–Kier alpha value is -0.300. The minimum absolute atomic E-state index is 0.274. The number of allylic oxidation sites excluding steroid dienone is 1. The van der Waals surface area contributed by atoms with E-state index in [2.05, 4.69) is 60.4 Å². The second-order valence-electron chi connectivity index (χ2n) is 7.03. The zero-order valence-corrected chi connectivity index (χ0v) is 13.9. The number of hydrogen-bond donors (Lipinski definition) is 1. The fraction of sp³-hybridized carbons (Fsp3) is 0.882. The van der Waals surface area contributed by atoms with Crippen LogP contribution in [-0.2, 0) is 0 Å². The lowest BCUT2D eigenvalue weighted by Gasteiger charge is -2.39. The summed E-state index contributed by atoms with van der Waals surface area (Å²) in [6, 6.07) is 0.553. The van der Waals surface area contributed by atoms with E-state index in [1.54, 1.807) is 0 Å². The summed E-state index contributed by atoms with van der Waals surface area (Å²) < 4.78 is 0. The Morgan fingerprint density at radius 3 is 1.94 bits per heavy atom. The van der Waals surface area contributed by atoms with Crippen molar-refractivity contribution in [3.05, 3.63) is 12.2 Å². The van der Waals surface area contributed by atoms with Gasteiger partial charge in [-0.3, -0.25) is 0 Å². The predicted octanol–water partition coefficient (Wildman–Crippen LogP) is 4.89. The summed E-state index contributed by atoms with van der Waals surface area (Å²) >= 11 is 0. The topological polar surface area (TPSA) is 12.0 Å². The van der Waals surface area contributed by atoms with E-state index in [0.29, 0.717) is 17.9 Å². The molecule has 0 aliphatic rings. The van der Waals surface area contributed by atoms with E-state index in [0.717, 1.165) is 12.3 Å². The van der Waals surface area contributed by atoms with E-state index >= 15 is 0 Å². The first-order chi connectivity index (χ1) is 8.15. The Labute approximate surface area is 115 Å². The van der Waals surface area contributed by atoms with Gasteiger partial charge in [0.1, 0.15) is 0 Å². The van der Waals surface area contributed by atoms with Crippen LogP contribution in [0.3, 0.4) is 0 Å². The standard InChI is InChI=1S/C17H35N/c1-12(2)11-17(8,13(3)4)15(6)10-14(5)16(7)18-9/h12-14,16,18H,6,10-11H2,1-5,7-9H3. The molecular formula is C17H35N. The molecule has 0 aromatic carbocycles. The molecule has 0 aliphatic carbocycles. The first-order valence-electron chi connectivity index (χ1n) is 7.50. The summed E-state index contributed by atoms with van der Waals surface area (Å²) in [7, 11) is 2.04. The minimum Gasteiger partial charge on any atom is -0.317 e. The molecule has 0 spiro atoms. The van der Waals surface area contributed by atoms with Crippen LogP contribution in [0.15, 0.2) is 12.2 Å². The molecule has 3 unspecified atom stereocenters. The predicted molar refractivity (Wildman–Crippen MR) is 83.8 cm³/mol. The van der Waals surface area contributed by atoms with Gasteiger partial charge in [0.2, 0.25) is 0 Å². The maximum atomic E-state index is 4.43. The van der Waals surface area contributed by atoms with E-state index < -0.39 is 0 Å². The molecule has 3 atom stereocenters. The van der Waals surface area contributed by atoms with Gasteiger partial charge in [0.05, 0.1) is 0 Å². The molecule has 0 rings (SSSR count). The van der Waals surface area contributed by atoms with Crippen molar-refractivity contribution in [2.45, 2.75) is 67.3 Å². The van der Waals surface area contributed by atoms with Gasteiger partial charge in [-0.1, -0.05) is 53.7 Å². The lowest BCUT2D eigenvalue weighted by molar-refractivity contribution is 0.208. The normalized spacial score (nSPS) is 18.8. The lowest BCUT2D eigenvalue weighted by Crippen LogP contribution is -2.33. The van der Waals surface area contributed by atoms with E-state index in [1.807, 2.05) is 7.05 Å². The molecule has 1 heteroatoms. The highest BCUT2D eigenvalue weighted by Crippen LogP contribution is 2.43. The van der Waals surface area contributed by atoms with Gasteiger partial charge in [-0.25, -0.2) is 0 Å². The van der Waals surface area contributed by atoms with Gasteiger partial charge in [-0.05, 0) is 50.0 Å². The van der Waals surface area contributed by atoms with Gasteiger partial charge in [-0.15, -0.1) is 0 Å². The molecule has 0 aliphatic heterocycles. The van der Waals surface area contributed by atoms with Gasteiger partial charge in [0.25, 0.3) is 0 Å². The fourth-order valence-corrected chi connectivity index (χ4v) is 2.72. The molecular weight excluding hydrogens is 218 g/mol. The number of rotatable bonds is 8. The van der Waals surface area contributed by atoms with E-state index in [1.165, 1.54) is 12.0 Å². The van der Waals surface area contributed by atoms with Gasteiger partial charge in [-0.2, -0.15) is 0 Å². The Kier molecular flexibility index (Phi) is 7.21. The second-order valence-corrected chi connectivity index (χ2v) is 7.03. The molecule has 18 heavy (non-hydrogen) atoms. The quantitative estimate of drug-likeness (QED) is 0.608. The first kappa shape index (κ1) is 17.7. The zero-order chi connectivity index (χ0) is 14.5. The first-order valence-corrected chi connectivity index (χ1v) is 7.50. The van der Waals surface area contributed by atoms with Crippen LogP contribution in [0.25, 0.3) is 0 Å². The average molecular weight is 253 g/mol. The maximum absolute atomic E-state index is 4.43. The summed E-state index contributed by atoms with van der Waals surface area (Å²) in [6.45, 7) is 20.7. The smallest absolute Gasteiger partial charge is 0.00644 e. The lowest BCUT2D eigenvalue weighted by atomic mass is 9.66. The molecule has 108 valence electrons. The van der Waals surface area contributed by atoms with Crippen LogP contribution in [0.1, 0.15) is 61.3 Å². The van der Waals surface area contributed by atoms with Crippen molar-refractivity contribution in [1.82, 2.24) is 5.32 Å². The van der Waals surface area contributed by atoms with E-state index in [4.69, 9.17) is 0 Å². The van der Waals surface area contributed by atoms with Crippen molar-refractivity contribution in [3.63, 3.8) is 0 Å². The zero-order valence-electron chi connectivity index (χ0n) is 13.9. The van der Waals surface area contributed by atoms with Crippen molar-refractivity contribution >= 4 is 0 Å². The highest BCUT2D eigenvalue weighted by molar-refractivity contribution is 5.11. The largest absolute Gasteiger partial charge is 0.317 e. The Morgan fingerprint density at radius 1 is 1.11 bits per heavy atom. The molecule has 0 aromatic rings. The molecule has 0 fully saturated rings. The molecule has 0 amide bonds. The number of hydrogen-bond acceptors (Lipinski definition) is 1. The molecule has 0 radical (unpaired) electrons. The van der Waals surface area contributed by atoms with Gasteiger partial charge in [0.15, 0.2) is 0 Å². The molecule has 0 saturated carbocycles. The van der Waals surface area contributed by atoms with Crippen LogP contribution in [-0.4, -0.2) is 13.1 Å². The van der Waals surface area contributed by atoms with Crippen LogP contribution in [0.2, 0.25) is 0 Å². The monoisotopic (exact) mass is 253 g/mol. The molecule has 0 heterocycles. The van der Waals surface area contributed by atoms with Gasteiger partial charge in [0, 0.05) is 6.04 Å². The van der Waals surface area contributed by atoms with Crippen LogP contribution in [0, 0.1) is 23.2 Å².